The summed E-state index contributed by atoms with van der Waals surface area (Å²) in [6.07, 6.45) is 17.9. The van der Waals surface area contributed by atoms with Gasteiger partial charge in [-0.3, -0.25) is 14.5 Å². The number of pyridine rings is 2. The van der Waals surface area contributed by atoms with Crippen molar-refractivity contribution >= 4 is 17.9 Å². The van der Waals surface area contributed by atoms with Gasteiger partial charge in [0.15, 0.2) is 5.82 Å². The van der Waals surface area contributed by atoms with Crippen molar-refractivity contribution in [2.75, 3.05) is 18.5 Å². The SMILES string of the molecule is C1CC1.Cc1cnn(C)c1-c1ccc2nc(NC=O)cn2c1.OC1CCOC1.c1cncc(C2CC2)c1. The molecule has 0 radical (unpaired) electrons. The van der Waals surface area contributed by atoms with Gasteiger partial charge >= 0.3 is 0 Å². The maximum Gasteiger partial charge on any atom is 0.212 e. The fourth-order valence-corrected chi connectivity index (χ4v) is 3.78. The van der Waals surface area contributed by atoms with Crippen LogP contribution in [0.1, 0.15) is 55.6 Å². The van der Waals surface area contributed by atoms with Gasteiger partial charge in [0, 0.05) is 37.8 Å². The number of carbonyl (C=O) groups excluding carboxylic acids is 1. The number of anilines is 1. The Morgan fingerprint density at radius 1 is 1.11 bits per heavy atom. The van der Waals surface area contributed by atoms with Gasteiger partial charge in [0.1, 0.15) is 5.65 Å². The van der Waals surface area contributed by atoms with Crippen molar-refractivity contribution in [1.29, 1.82) is 0 Å². The molecule has 0 spiro atoms. The van der Waals surface area contributed by atoms with Crippen LogP contribution in [0.25, 0.3) is 16.9 Å². The number of imidazole rings is 1. The molecule has 1 unspecified atom stereocenters. The molecular formula is C28H36N6O3. The summed E-state index contributed by atoms with van der Waals surface area (Å²) >= 11 is 0. The summed E-state index contributed by atoms with van der Waals surface area (Å²) in [5.41, 5.74) is 5.44. The van der Waals surface area contributed by atoms with Crippen molar-refractivity contribution in [3.05, 3.63) is 66.4 Å². The number of aliphatic hydroxyl groups excluding tert-OH is 1. The molecule has 1 saturated heterocycles. The van der Waals surface area contributed by atoms with E-state index in [0.717, 1.165) is 41.4 Å². The minimum absolute atomic E-state index is 0.176. The number of aryl methyl sites for hydroxylation is 2. The third-order valence-corrected chi connectivity index (χ3v) is 6.05. The second kappa shape index (κ2) is 13.1. The monoisotopic (exact) mass is 504 g/mol. The number of rotatable bonds is 4. The van der Waals surface area contributed by atoms with Gasteiger partial charge in [0.25, 0.3) is 0 Å². The number of ether oxygens (including phenoxy) is 1. The van der Waals surface area contributed by atoms with Crippen LogP contribution in [0.3, 0.4) is 0 Å². The minimum Gasteiger partial charge on any atom is -0.391 e. The van der Waals surface area contributed by atoms with E-state index in [1.54, 1.807) is 6.20 Å². The summed E-state index contributed by atoms with van der Waals surface area (Å²) in [5, 5.41) is 15.4. The number of hydrogen-bond donors (Lipinski definition) is 2. The number of aromatic nitrogens is 5. The fourth-order valence-electron chi connectivity index (χ4n) is 3.78. The molecule has 0 aromatic carbocycles. The summed E-state index contributed by atoms with van der Waals surface area (Å²) < 4.78 is 8.53. The Bertz CT molecular complexity index is 1240. The van der Waals surface area contributed by atoms with E-state index in [-0.39, 0.29) is 6.10 Å². The van der Waals surface area contributed by atoms with Crippen LogP contribution in [-0.4, -0.2) is 55.0 Å². The molecule has 3 fully saturated rings. The van der Waals surface area contributed by atoms with Crippen molar-refractivity contribution in [2.45, 2.75) is 57.5 Å². The third-order valence-electron chi connectivity index (χ3n) is 6.05. The summed E-state index contributed by atoms with van der Waals surface area (Å²) in [4.78, 5) is 18.7. The summed E-state index contributed by atoms with van der Waals surface area (Å²) in [6, 6.07) is 8.08. The van der Waals surface area contributed by atoms with E-state index in [4.69, 9.17) is 9.84 Å². The van der Waals surface area contributed by atoms with E-state index in [9.17, 15) is 4.79 Å². The van der Waals surface area contributed by atoms with Crippen LogP contribution < -0.4 is 5.32 Å². The van der Waals surface area contributed by atoms with Gasteiger partial charge in [-0.2, -0.15) is 5.10 Å². The molecule has 9 nitrogen and oxygen atoms in total. The van der Waals surface area contributed by atoms with E-state index in [1.165, 1.54) is 37.7 Å². The predicted octanol–water partition coefficient (Wildman–Crippen LogP) is 4.51. The van der Waals surface area contributed by atoms with Crippen molar-refractivity contribution < 1.29 is 14.6 Å². The molecular weight excluding hydrogens is 468 g/mol. The third kappa shape index (κ3) is 8.23. The first kappa shape index (κ1) is 26.5. The molecule has 1 aliphatic heterocycles. The number of nitrogens with one attached hydrogen (secondary N) is 1. The molecule has 1 amide bonds. The zero-order chi connectivity index (χ0) is 26.0. The summed E-state index contributed by atoms with van der Waals surface area (Å²) in [6.45, 7) is 3.31. The molecule has 2 aliphatic carbocycles. The molecule has 9 heteroatoms. The number of amides is 1. The Balaban J connectivity index is 0.000000144. The number of carbonyl (C=O) groups is 1. The Hall–Kier alpha value is -3.56. The minimum atomic E-state index is -0.176. The van der Waals surface area contributed by atoms with Gasteiger partial charge < -0.3 is 19.6 Å². The maximum atomic E-state index is 10.4. The lowest BCUT2D eigenvalue weighted by molar-refractivity contribution is -0.105. The van der Waals surface area contributed by atoms with Crippen LogP contribution in [0.5, 0.6) is 0 Å². The van der Waals surface area contributed by atoms with Crippen molar-refractivity contribution in [3.63, 3.8) is 0 Å². The fraction of sp³-hybridized carbons (Fsp3) is 0.429. The molecule has 4 aromatic rings. The molecule has 196 valence electrons. The van der Waals surface area contributed by atoms with Crippen LogP contribution in [0.15, 0.2) is 55.2 Å². The second-order valence-electron chi connectivity index (χ2n) is 9.51. The van der Waals surface area contributed by atoms with Crippen molar-refractivity contribution in [2.24, 2.45) is 7.05 Å². The lowest BCUT2D eigenvalue weighted by Crippen LogP contribution is -2.02. The van der Waals surface area contributed by atoms with Gasteiger partial charge in [0.05, 0.1) is 30.8 Å². The van der Waals surface area contributed by atoms with Crippen molar-refractivity contribution in [3.8, 4) is 11.3 Å². The first-order chi connectivity index (χ1) is 18.0. The Morgan fingerprint density at radius 2 is 1.92 bits per heavy atom. The van der Waals surface area contributed by atoms with E-state index in [1.807, 2.05) is 66.0 Å². The zero-order valence-electron chi connectivity index (χ0n) is 21.6. The van der Waals surface area contributed by atoms with E-state index in [2.05, 4.69) is 26.4 Å². The molecule has 2 N–H and O–H groups in total. The van der Waals surface area contributed by atoms with E-state index >= 15 is 0 Å². The number of fused-ring (bicyclic) bond motifs is 1. The highest BCUT2D eigenvalue weighted by Crippen LogP contribution is 2.39. The average Bonchev–Trinajstić information content (AvgIpc) is 3.84. The smallest absolute Gasteiger partial charge is 0.212 e. The summed E-state index contributed by atoms with van der Waals surface area (Å²) in [5.74, 6) is 1.38. The highest BCUT2D eigenvalue weighted by atomic mass is 16.5. The molecule has 0 bridgehead atoms. The molecule has 5 heterocycles. The molecule has 2 saturated carbocycles. The van der Waals surface area contributed by atoms with Crippen LogP contribution in [-0.2, 0) is 16.6 Å². The van der Waals surface area contributed by atoms with Crippen molar-refractivity contribution in [1.82, 2.24) is 24.1 Å². The number of nitrogens with zero attached hydrogens (tertiary/aromatic N) is 5. The predicted molar refractivity (Wildman–Crippen MR) is 143 cm³/mol. The number of hydrogen-bond acceptors (Lipinski definition) is 6. The molecule has 3 aliphatic rings. The van der Waals surface area contributed by atoms with Gasteiger partial charge in [-0.15, -0.1) is 0 Å². The van der Waals surface area contributed by atoms with Crippen LogP contribution in [0.2, 0.25) is 0 Å². The van der Waals surface area contributed by atoms with Crippen LogP contribution in [0, 0.1) is 6.92 Å². The molecule has 7 rings (SSSR count). The first-order valence-corrected chi connectivity index (χ1v) is 12.9. The maximum absolute atomic E-state index is 10.4. The zero-order valence-corrected chi connectivity index (χ0v) is 21.6. The molecule has 37 heavy (non-hydrogen) atoms. The summed E-state index contributed by atoms with van der Waals surface area (Å²) in [7, 11) is 1.92. The van der Waals surface area contributed by atoms with Crippen LogP contribution >= 0.6 is 0 Å². The highest BCUT2D eigenvalue weighted by Gasteiger charge is 2.22. The lowest BCUT2D eigenvalue weighted by Gasteiger charge is -2.04. The Kier molecular flexibility index (Phi) is 9.40. The van der Waals surface area contributed by atoms with Gasteiger partial charge in [0.2, 0.25) is 6.41 Å². The largest absolute Gasteiger partial charge is 0.391 e. The van der Waals surface area contributed by atoms with Crippen LogP contribution in [0.4, 0.5) is 5.82 Å². The number of aliphatic hydroxyl groups is 1. The van der Waals surface area contributed by atoms with Gasteiger partial charge in [-0.1, -0.05) is 25.3 Å². The quantitative estimate of drug-likeness (QED) is 0.396. The molecule has 4 aromatic heterocycles. The normalized spacial score (nSPS) is 17.4. The second-order valence-corrected chi connectivity index (χ2v) is 9.51. The average molecular weight is 505 g/mol. The standard InChI is InChI=1S/C13H13N5O.C8H9N.C4H8O2.C3H6/c1-9-5-15-17(2)13(9)10-3-4-12-16-11(14-8-19)7-18(12)6-10;1-2-8(6-9-5-1)7-3-4-7;5-4-1-2-6-3-4;1-2-3-1/h3-8H,1-2H3,(H,14,19);1-2,5-7H,3-4H2;4-5H,1-3H2;1-3H2. The van der Waals surface area contributed by atoms with Gasteiger partial charge in [-0.25, -0.2) is 4.98 Å². The topological polar surface area (TPSA) is 107 Å². The Labute approximate surface area is 217 Å². The van der Waals surface area contributed by atoms with Gasteiger partial charge in [-0.05, 0) is 61.4 Å². The Morgan fingerprint density at radius 3 is 2.43 bits per heavy atom. The van der Waals surface area contributed by atoms with E-state index < -0.39 is 0 Å². The highest BCUT2D eigenvalue weighted by molar-refractivity contribution is 5.71. The lowest BCUT2D eigenvalue weighted by atomic mass is 10.1. The first-order valence-electron chi connectivity index (χ1n) is 12.9. The van der Waals surface area contributed by atoms with E-state index in [0.29, 0.717) is 18.8 Å². The molecule has 1 atom stereocenters.